The molecule has 0 aromatic carbocycles. The molecule has 1 aromatic rings. The molecule has 0 bridgehead atoms. The highest BCUT2D eigenvalue weighted by Crippen LogP contribution is 2.34. The summed E-state index contributed by atoms with van der Waals surface area (Å²) in [6.45, 7) is 5.58. The molecule has 2 rings (SSSR count). The van der Waals surface area contributed by atoms with Gasteiger partial charge in [0.05, 0.1) is 0 Å². The molecule has 0 radical (unpaired) electrons. The lowest BCUT2D eigenvalue weighted by atomic mass is 10.1. The van der Waals surface area contributed by atoms with Crippen LogP contribution < -0.4 is 4.90 Å². The first-order valence-electron chi connectivity index (χ1n) is 6.18. The Morgan fingerprint density at radius 2 is 2.00 bits per heavy atom. The van der Waals surface area contributed by atoms with Gasteiger partial charge in [0.15, 0.2) is 5.69 Å². The highest BCUT2D eigenvalue weighted by Gasteiger charge is 2.34. The predicted molar refractivity (Wildman–Crippen MR) is 75.4 cm³/mol. The molecule has 1 aliphatic heterocycles. The van der Waals surface area contributed by atoms with Crippen molar-refractivity contribution in [2.45, 2.75) is 31.2 Å². The SMILES string of the molecule is CC1(C)CCN(c2cc(C(F)(F)F)nc(Cl)n2)CCS1. The van der Waals surface area contributed by atoms with Gasteiger partial charge in [-0.15, -0.1) is 0 Å². The first-order chi connectivity index (χ1) is 9.17. The molecule has 0 atom stereocenters. The molecule has 3 nitrogen and oxygen atoms in total. The van der Waals surface area contributed by atoms with Gasteiger partial charge < -0.3 is 4.90 Å². The Labute approximate surface area is 124 Å². The normalized spacial score (nSPS) is 19.8. The molecule has 1 aromatic heterocycles. The van der Waals surface area contributed by atoms with E-state index in [-0.39, 0.29) is 15.8 Å². The fourth-order valence-corrected chi connectivity index (χ4v) is 3.24. The fourth-order valence-electron chi connectivity index (χ4n) is 1.96. The van der Waals surface area contributed by atoms with Gasteiger partial charge in [-0.1, -0.05) is 13.8 Å². The van der Waals surface area contributed by atoms with E-state index < -0.39 is 11.9 Å². The number of halogens is 4. The van der Waals surface area contributed by atoms with E-state index in [1.807, 2.05) is 16.7 Å². The molecule has 0 amide bonds. The van der Waals surface area contributed by atoms with Gasteiger partial charge in [-0.3, -0.25) is 0 Å². The zero-order valence-corrected chi connectivity index (χ0v) is 12.7. The number of rotatable bonds is 1. The third-order valence-electron chi connectivity index (χ3n) is 3.14. The van der Waals surface area contributed by atoms with Crippen molar-refractivity contribution in [1.82, 2.24) is 9.97 Å². The Hall–Kier alpha value is -0.690. The largest absolute Gasteiger partial charge is 0.433 e. The third kappa shape index (κ3) is 3.91. The van der Waals surface area contributed by atoms with Crippen molar-refractivity contribution in [3.05, 3.63) is 17.0 Å². The molecular formula is C12H15ClF3N3S. The highest BCUT2D eigenvalue weighted by atomic mass is 35.5. The van der Waals surface area contributed by atoms with E-state index >= 15 is 0 Å². The molecule has 0 saturated carbocycles. The maximum atomic E-state index is 12.7. The number of nitrogens with zero attached hydrogens (tertiary/aromatic N) is 3. The Balaban J connectivity index is 2.26. The smallest absolute Gasteiger partial charge is 0.356 e. The van der Waals surface area contributed by atoms with Crippen LogP contribution in [0.4, 0.5) is 19.0 Å². The van der Waals surface area contributed by atoms with Crippen LogP contribution in [-0.2, 0) is 6.18 Å². The molecule has 20 heavy (non-hydrogen) atoms. The van der Waals surface area contributed by atoms with Crippen molar-refractivity contribution >= 4 is 29.2 Å². The topological polar surface area (TPSA) is 29.0 Å². The van der Waals surface area contributed by atoms with E-state index in [9.17, 15) is 13.2 Å². The Morgan fingerprint density at radius 1 is 1.30 bits per heavy atom. The number of thioether (sulfide) groups is 1. The number of hydrogen-bond acceptors (Lipinski definition) is 4. The van der Waals surface area contributed by atoms with Crippen molar-refractivity contribution in [2.75, 3.05) is 23.7 Å². The van der Waals surface area contributed by atoms with Gasteiger partial charge in [-0.2, -0.15) is 24.9 Å². The van der Waals surface area contributed by atoms with Crippen LogP contribution in [0.1, 0.15) is 26.0 Å². The Morgan fingerprint density at radius 3 is 2.65 bits per heavy atom. The lowest BCUT2D eigenvalue weighted by Crippen LogP contribution is -2.28. The maximum Gasteiger partial charge on any atom is 0.433 e. The van der Waals surface area contributed by atoms with Crippen molar-refractivity contribution < 1.29 is 13.2 Å². The molecule has 0 N–H and O–H groups in total. The average molecular weight is 326 g/mol. The quantitative estimate of drug-likeness (QED) is 0.733. The van der Waals surface area contributed by atoms with E-state index in [1.54, 1.807) is 0 Å². The van der Waals surface area contributed by atoms with Crippen LogP contribution in [0.15, 0.2) is 6.07 Å². The molecule has 2 heterocycles. The lowest BCUT2D eigenvalue weighted by molar-refractivity contribution is -0.141. The second-order valence-corrected chi connectivity index (χ2v) is 7.36. The fraction of sp³-hybridized carbons (Fsp3) is 0.667. The van der Waals surface area contributed by atoms with Gasteiger partial charge in [0, 0.05) is 29.7 Å². The van der Waals surface area contributed by atoms with Crippen molar-refractivity contribution in [1.29, 1.82) is 0 Å². The van der Waals surface area contributed by atoms with Crippen LogP contribution in [0, 0.1) is 0 Å². The molecular weight excluding hydrogens is 311 g/mol. The van der Waals surface area contributed by atoms with Crippen LogP contribution >= 0.6 is 23.4 Å². The summed E-state index contributed by atoms with van der Waals surface area (Å²) in [4.78, 5) is 9.02. The predicted octanol–water partition coefficient (Wildman–Crippen LogP) is 3.87. The summed E-state index contributed by atoms with van der Waals surface area (Å²) < 4.78 is 38.4. The average Bonchev–Trinajstić information content (AvgIpc) is 2.48. The molecule has 0 unspecified atom stereocenters. The first kappa shape index (κ1) is 15.7. The molecule has 1 aliphatic rings. The molecule has 112 valence electrons. The van der Waals surface area contributed by atoms with Gasteiger partial charge >= 0.3 is 6.18 Å². The third-order valence-corrected chi connectivity index (χ3v) is 4.68. The van der Waals surface area contributed by atoms with Crippen LogP contribution in [0.2, 0.25) is 5.28 Å². The summed E-state index contributed by atoms with van der Waals surface area (Å²) in [7, 11) is 0. The standard InChI is InChI=1S/C12H15ClF3N3S/c1-11(2)3-4-19(5-6-20-11)9-7-8(12(14,15)16)17-10(13)18-9/h7H,3-6H2,1-2H3. The number of hydrogen-bond donors (Lipinski definition) is 0. The number of aromatic nitrogens is 2. The van der Waals surface area contributed by atoms with E-state index in [4.69, 9.17) is 11.6 Å². The summed E-state index contributed by atoms with van der Waals surface area (Å²) in [5.74, 6) is 1.09. The van der Waals surface area contributed by atoms with Gasteiger partial charge in [-0.25, -0.2) is 9.97 Å². The number of anilines is 1. The summed E-state index contributed by atoms with van der Waals surface area (Å²) in [6, 6.07) is 0.967. The van der Waals surface area contributed by atoms with Crippen molar-refractivity contribution in [2.24, 2.45) is 0 Å². The Kier molecular flexibility index (Phi) is 4.39. The lowest BCUT2D eigenvalue weighted by Gasteiger charge is -2.23. The van der Waals surface area contributed by atoms with E-state index in [2.05, 4.69) is 23.8 Å². The van der Waals surface area contributed by atoms with Crippen molar-refractivity contribution in [3.8, 4) is 0 Å². The zero-order valence-electron chi connectivity index (χ0n) is 11.2. The van der Waals surface area contributed by atoms with Crippen LogP contribution in [0.5, 0.6) is 0 Å². The van der Waals surface area contributed by atoms with Gasteiger partial charge in [0.1, 0.15) is 5.82 Å². The van der Waals surface area contributed by atoms with Gasteiger partial charge in [-0.05, 0) is 18.0 Å². The van der Waals surface area contributed by atoms with Crippen LogP contribution in [0.25, 0.3) is 0 Å². The number of alkyl halides is 3. The minimum Gasteiger partial charge on any atom is -0.356 e. The van der Waals surface area contributed by atoms with E-state index in [1.165, 1.54) is 0 Å². The second kappa shape index (κ2) is 5.60. The minimum absolute atomic E-state index is 0.123. The van der Waals surface area contributed by atoms with Gasteiger partial charge in [0.2, 0.25) is 5.28 Å². The summed E-state index contributed by atoms with van der Waals surface area (Å²) in [5, 5.41) is -0.369. The monoisotopic (exact) mass is 325 g/mol. The zero-order chi connectivity index (χ0) is 15.0. The van der Waals surface area contributed by atoms with Crippen LogP contribution in [0.3, 0.4) is 0 Å². The van der Waals surface area contributed by atoms with E-state index in [0.29, 0.717) is 13.1 Å². The summed E-state index contributed by atoms with van der Waals surface area (Å²) >= 11 is 7.43. The van der Waals surface area contributed by atoms with E-state index in [0.717, 1.165) is 18.2 Å². The molecule has 8 heteroatoms. The molecule has 1 saturated heterocycles. The van der Waals surface area contributed by atoms with Gasteiger partial charge in [0.25, 0.3) is 0 Å². The summed E-state index contributed by atoms with van der Waals surface area (Å²) in [5.41, 5.74) is -0.997. The first-order valence-corrected chi connectivity index (χ1v) is 7.54. The van der Waals surface area contributed by atoms with Crippen LogP contribution in [-0.4, -0.2) is 33.6 Å². The highest BCUT2D eigenvalue weighted by molar-refractivity contribution is 8.00. The molecule has 1 fully saturated rings. The maximum absolute atomic E-state index is 12.7. The minimum atomic E-state index is -4.51. The second-order valence-electron chi connectivity index (χ2n) is 5.22. The van der Waals surface area contributed by atoms with Crippen molar-refractivity contribution in [3.63, 3.8) is 0 Å². The molecule has 0 aliphatic carbocycles. The Bertz CT molecular complexity index is 493. The summed E-state index contributed by atoms with van der Waals surface area (Å²) in [6.07, 6.45) is -3.64. The molecule has 0 spiro atoms.